The van der Waals surface area contributed by atoms with E-state index in [1.807, 2.05) is 6.92 Å². The maximum atomic E-state index is 11.5. The van der Waals surface area contributed by atoms with Crippen molar-refractivity contribution in [3.8, 4) is 0 Å². The van der Waals surface area contributed by atoms with Crippen LogP contribution in [0.3, 0.4) is 0 Å². The molecule has 13 heavy (non-hydrogen) atoms. The van der Waals surface area contributed by atoms with E-state index in [1.165, 1.54) is 6.42 Å². The highest BCUT2D eigenvalue weighted by atomic mass is 32.1. The molecule has 0 aromatic heterocycles. The van der Waals surface area contributed by atoms with Crippen LogP contribution in [-0.2, 0) is 4.79 Å². The van der Waals surface area contributed by atoms with Crippen molar-refractivity contribution in [3.05, 3.63) is 0 Å². The summed E-state index contributed by atoms with van der Waals surface area (Å²) in [6.45, 7) is 1.92. The normalized spacial score (nSPS) is 18.8. The lowest BCUT2D eigenvalue weighted by atomic mass is 9.92. The van der Waals surface area contributed by atoms with E-state index in [2.05, 4.69) is 5.32 Å². The van der Waals surface area contributed by atoms with Crippen LogP contribution < -0.4 is 11.1 Å². The molecular formula is C9H16N2OS. The van der Waals surface area contributed by atoms with Gasteiger partial charge in [0, 0.05) is 6.04 Å². The van der Waals surface area contributed by atoms with Crippen LogP contribution in [0.2, 0.25) is 0 Å². The van der Waals surface area contributed by atoms with E-state index >= 15 is 0 Å². The monoisotopic (exact) mass is 200 g/mol. The predicted molar refractivity (Wildman–Crippen MR) is 56.3 cm³/mol. The van der Waals surface area contributed by atoms with E-state index in [-0.39, 0.29) is 11.8 Å². The molecule has 1 amide bonds. The zero-order valence-electron chi connectivity index (χ0n) is 7.88. The molecule has 1 saturated carbocycles. The van der Waals surface area contributed by atoms with Crippen molar-refractivity contribution >= 4 is 23.1 Å². The van der Waals surface area contributed by atoms with Crippen LogP contribution >= 0.6 is 12.2 Å². The van der Waals surface area contributed by atoms with Crippen molar-refractivity contribution in [2.75, 3.05) is 0 Å². The van der Waals surface area contributed by atoms with Crippen LogP contribution in [0.25, 0.3) is 0 Å². The Labute approximate surface area is 84.1 Å². The summed E-state index contributed by atoms with van der Waals surface area (Å²) in [6.07, 6.45) is 4.10. The Kier molecular flexibility index (Phi) is 3.66. The molecule has 1 unspecified atom stereocenters. The maximum Gasteiger partial charge on any atom is 0.230 e. The zero-order chi connectivity index (χ0) is 9.84. The summed E-state index contributed by atoms with van der Waals surface area (Å²) in [4.78, 5) is 11.8. The topological polar surface area (TPSA) is 55.1 Å². The molecule has 0 bridgehead atoms. The second kappa shape index (κ2) is 4.56. The van der Waals surface area contributed by atoms with Crippen LogP contribution in [-0.4, -0.2) is 16.9 Å². The van der Waals surface area contributed by atoms with Gasteiger partial charge in [0.15, 0.2) is 0 Å². The molecule has 0 heterocycles. The summed E-state index contributed by atoms with van der Waals surface area (Å²) < 4.78 is 0. The lowest BCUT2D eigenvalue weighted by molar-refractivity contribution is -0.124. The van der Waals surface area contributed by atoms with E-state index in [0.29, 0.717) is 17.5 Å². The minimum atomic E-state index is -0.282. The third-order valence-corrected chi connectivity index (χ3v) is 2.80. The fraction of sp³-hybridized carbons (Fsp3) is 0.778. The van der Waals surface area contributed by atoms with Crippen LogP contribution in [0.4, 0.5) is 0 Å². The van der Waals surface area contributed by atoms with Crippen LogP contribution in [0, 0.1) is 5.92 Å². The Morgan fingerprint density at radius 1 is 1.69 bits per heavy atom. The van der Waals surface area contributed by atoms with Gasteiger partial charge in [-0.25, -0.2) is 0 Å². The highest BCUT2D eigenvalue weighted by Gasteiger charge is 2.24. The molecule has 0 aromatic rings. The number of hydrogen-bond donors (Lipinski definition) is 2. The number of nitrogens with one attached hydrogen (secondary N) is 1. The molecule has 1 aliphatic carbocycles. The summed E-state index contributed by atoms with van der Waals surface area (Å²) in [6, 6.07) is 0.371. The number of carbonyl (C=O) groups is 1. The lowest BCUT2D eigenvalue weighted by Crippen LogP contribution is -2.45. The van der Waals surface area contributed by atoms with Gasteiger partial charge in [-0.05, 0) is 25.7 Å². The van der Waals surface area contributed by atoms with E-state index in [9.17, 15) is 4.79 Å². The summed E-state index contributed by atoms with van der Waals surface area (Å²) in [5.41, 5.74) is 5.45. The van der Waals surface area contributed by atoms with Crippen LogP contribution in [0.1, 0.15) is 32.6 Å². The average molecular weight is 200 g/mol. The van der Waals surface area contributed by atoms with Crippen molar-refractivity contribution in [1.29, 1.82) is 0 Å². The smallest absolute Gasteiger partial charge is 0.230 e. The molecule has 0 spiro atoms. The first-order valence-electron chi connectivity index (χ1n) is 4.74. The second-order valence-electron chi connectivity index (χ2n) is 3.50. The van der Waals surface area contributed by atoms with Gasteiger partial charge < -0.3 is 11.1 Å². The third-order valence-electron chi connectivity index (χ3n) is 2.52. The molecule has 1 fully saturated rings. The Bertz CT molecular complexity index is 214. The van der Waals surface area contributed by atoms with Crippen molar-refractivity contribution in [3.63, 3.8) is 0 Å². The molecule has 1 rings (SSSR count). The van der Waals surface area contributed by atoms with Crippen molar-refractivity contribution in [2.24, 2.45) is 11.7 Å². The van der Waals surface area contributed by atoms with Crippen molar-refractivity contribution in [1.82, 2.24) is 5.32 Å². The van der Waals surface area contributed by atoms with Crippen LogP contribution in [0.5, 0.6) is 0 Å². The Hall–Kier alpha value is -0.640. The SMILES string of the molecule is CCC(C(=O)NC1CCC1)C(N)=S. The molecule has 74 valence electrons. The van der Waals surface area contributed by atoms with Gasteiger partial charge in [-0.2, -0.15) is 0 Å². The number of hydrogen-bond acceptors (Lipinski definition) is 2. The fourth-order valence-corrected chi connectivity index (χ4v) is 1.64. The molecule has 1 aliphatic rings. The van der Waals surface area contributed by atoms with Gasteiger partial charge in [0.25, 0.3) is 0 Å². The quantitative estimate of drug-likeness (QED) is 0.665. The van der Waals surface area contributed by atoms with Gasteiger partial charge in [-0.1, -0.05) is 19.1 Å². The molecule has 0 aromatic carbocycles. The summed E-state index contributed by atoms with van der Waals surface area (Å²) in [5, 5.41) is 2.94. The van der Waals surface area contributed by atoms with E-state index in [0.717, 1.165) is 12.8 Å². The Morgan fingerprint density at radius 2 is 2.31 bits per heavy atom. The standard InChI is InChI=1S/C9H16N2OS/c1-2-7(8(10)13)9(12)11-6-4-3-5-6/h6-7H,2-5H2,1H3,(H2,10,13)(H,11,12). The number of rotatable bonds is 4. The summed E-state index contributed by atoms with van der Waals surface area (Å²) in [7, 11) is 0. The minimum Gasteiger partial charge on any atom is -0.393 e. The molecular weight excluding hydrogens is 184 g/mol. The van der Waals surface area contributed by atoms with Gasteiger partial charge in [0.2, 0.25) is 5.91 Å². The zero-order valence-corrected chi connectivity index (χ0v) is 8.69. The van der Waals surface area contributed by atoms with Gasteiger partial charge >= 0.3 is 0 Å². The number of carbonyl (C=O) groups excluding carboxylic acids is 1. The van der Waals surface area contributed by atoms with E-state index in [4.69, 9.17) is 18.0 Å². The number of thiocarbonyl (C=S) groups is 1. The van der Waals surface area contributed by atoms with Gasteiger partial charge in [0.1, 0.15) is 0 Å². The average Bonchev–Trinajstić information content (AvgIpc) is 1.97. The Balaban J connectivity index is 2.38. The first kappa shape index (κ1) is 10.4. The highest BCUT2D eigenvalue weighted by molar-refractivity contribution is 7.80. The van der Waals surface area contributed by atoms with Crippen LogP contribution in [0.15, 0.2) is 0 Å². The molecule has 0 saturated heterocycles. The van der Waals surface area contributed by atoms with Gasteiger partial charge in [0.05, 0.1) is 10.9 Å². The molecule has 4 heteroatoms. The lowest BCUT2D eigenvalue weighted by Gasteiger charge is -2.28. The molecule has 0 aliphatic heterocycles. The first-order chi connectivity index (χ1) is 6.15. The predicted octanol–water partition coefficient (Wildman–Crippen LogP) is 0.967. The molecule has 0 radical (unpaired) electrons. The van der Waals surface area contributed by atoms with E-state index in [1.54, 1.807) is 0 Å². The largest absolute Gasteiger partial charge is 0.393 e. The Morgan fingerprint density at radius 3 is 2.62 bits per heavy atom. The molecule has 3 nitrogen and oxygen atoms in total. The fourth-order valence-electron chi connectivity index (χ4n) is 1.37. The van der Waals surface area contributed by atoms with Crippen molar-refractivity contribution in [2.45, 2.75) is 38.6 Å². The summed E-state index contributed by atoms with van der Waals surface area (Å²) in [5.74, 6) is -0.282. The second-order valence-corrected chi connectivity index (χ2v) is 3.97. The highest BCUT2D eigenvalue weighted by Crippen LogP contribution is 2.18. The first-order valence-corrected chi connectivity index (χ1v) is 5.15. The number of amides is 1. The summed E-state index contributed by atoms with van der Waals surface area (Å²) >= 11 is 4.82. The maximum absolute atomic E-state index is 11.5. The number of nitrogens with two attached hydrogens (primary N) is 1. The minimum absolute atomic E-state index is 0.000278. The van der Waals surface area contributed by atoms with E-state index < -0.39 is 0 Å². The molecule has 3 N–H and O–H groups in total. The third kappa shape index (κ3) is 2.66. The van der Waals surface area contributed by atoms with Gasteiger partial charge in [-0.15, -0.1) is 0 Å². The molecule has 1 atom stereocenters. The van der Waals surface area contributed by atoms with Gasteiger partial charge in [-0.3, -0.25) is 4.79 Å². The van der Waals surface area contributed by atoms with Crippen molar-refractivity contribution < 1.29 is 4.79 Å².